The summed E-state index contributed by atoms with van der Waals surface area (Å²) in [5.41, 5.74) is 2.25. The Balaban J connectivity index is 1.79. The average Bonchev–Trinajstić information content (AvgIpc) is 3.02. The Bertz CT molecular complexity index is 938. The Morgan fingerprint density at radius 2 is 2.04 bits per heavy atom. The lowest BCUT2D eigenvalue weighted by Crippen LogP contribution is -2.03. The van der Waals surface area contributed by atoms with E-state index in [1.54, 1.807) is 26.0 Å². The highest BCUT2D eigenvalue weighted by Crippen LogP contribution is 2.27. The van der Waals surface area contributed by atoms with E-state index in [1.807, 2.05) is 0 Å². The summed E-state index contributed by atoms with van der Waals surface area (Å²) >= 11 is 0. The van der Waals surface area contributed by atoms with Gasteiger partial charge in [-0.05, 0) is 26.0 Å². The summed E-state index contributed by atoms with van der Waals surface area (Å²) in [6, 6.07) is 4.46. The summed E-state index contributed by atoms with van der Waals surface area (Å²) < 4.78 is 29.3. The van der Waals surface area contributed by atoms with Crippen LogP contribution >= 0.6 is 0 Å². The number of pyridine rings is 2. The molecule has 0 unspecified atom stereocenters. The number of halogens is 1. The first-order chi connectivity index (χ1) is 12.5. The normalized spacial score (nSPS) is 10.6. The van der Waals surface area contributed by atoms with Crippen molar-refractivity contribution in [1.29, 1.82) is 0 Å². The molecule has 0 amide bonds. The number of ether oxygens (including phenoxy) is 2. The minimum atomic E-state index is -0.477. The number of aryl methyl sites for hydroxylation is 2. The van der Waals surface area contributed by atoms with Crippen molar-refractivity contribution >= 4 is 5.97 Å². The topological polar surface area (TPSA) is 87.3 Å². The van der Waals surface area contributed by atoms with Gasteiger partial charge >= 0.3 is 5.97 Å². The van der Waals surface area contributed by atoms with Crippen molar-refractivity contribution in [3.05, 3.63) is 59.0 Å². The highest BCUT2D eigenvalue weighted by molar-refractivity contribution is 5.88. The third-order valence-corrected chi connectivity index (χ3v) is 3.81. The van der Waals surface area contributed by atoms with Crippen molar-refractivity contribution in [3.63, 3.8) is 0 Å². The van der Waals surface area contributed by atoms with Gasteiger partial charge in [0.25, 0.3) is 0 Å². The number of hydrogen-bond donors (Lipinski definition) is 0. The molecular formula is C18H16FN3O4. The molecule has 0 aliphatic carbocycles. The van der Waals surface area contributed by atoms with E-state index in [4.69, 9.17) is 9.26 Å². The molecule has 0 saturated heterocycles. The van der Waals surface area contributed by atoms with Crippen molar-refractivity contribution in [1.82, 2.24) is 15.1 Å². The summed E-state index contributed by atoms with van der Waals surface area (Å²) in [6.45, 7) is 3.44. The molecule has 0 aliphatic rings. The van der Waals surface area contributed by atoms with Gasteiger partial charge in [-0.1, -0.05) is 5.16 Å². The van der Waals surface area contributed by atoms with Crippen LogP contribution in [0.15, 0.2) is 35.1 Å². The van der Waals surface area contributed by atoms with E-state index in [0.717, 1.165) is 0 Å². The number of aromatic nitrogens is 3. The van der Waals surface area contributed by atoms with Gasteiger partial charge in [0.2, 0.25) is 5.88 Å². The van der Waals surface area contributed by atoms with Crippen LogP contribution in [0, 0.1) is 19.7 Å². The van der Waals surface area contributed by atoms with Gasteiger partial charge < -0.3 is 14.0 Å². The van der Waals surface area contributed by atoms with Crippen LogP contribution < -0.4 is 4.74 Å². The predicted molar refractivity (Wildman–Crippen MR) is 89.1 cm³/mol. The Labute approximate surface area is 148 Å². The minimum absolute atomic E-state index is 0.116. The maximum Gasteiger partial charge on any atom is 0.339 e. The van der Waals surface area contributed by atoms with E-state index < -0.39 is 11.8 Å². The van der Waals surface area contributed by atoms with Crippen LogP contribution in [0.3, 0.4) is 0 Å². The van der Waals surface area contributed by atoms with Gasteiger partial charge in [0.1, 0.15) is 23.9 Å². The van der Waals surface area contributed by atoms with Gasteiger partial charge in [-0.25, -0.2) is 14.2 Å². The molecule has 0 aromatic carbocycles. The number of nitrogens with zero attached hydrogens (tertiary/aromatic N) is 3. The molecule has 7 nitrogen and oxygen atoms in total. The van der Waals surface area contributed by atoms with Crippen LogP contribution in [0.5, 0.6) is 5.88 Å². The first kappa shape index (κ1) is 17.5. The lowest BCUT2D eigenvalue weighted by Gasteiger charge is -2.07. The summed E-state index contributed by atoms with van der Waals surface area (Å²) in [5.74, 6) is -0.0326. The number of carbonyl (C=O) groups excluding carboxylic acids is 1. The smallest absolute Gasteiger partial charge is 0.339 e. The van der Waals surface area contributed by atoms with Crippen LogP contribution in [-0.2, 0) is 11.3 Å². The molecule has 0 aliphatic heterocycles. The van der Waals surface area contributed by atoms with Gasteiger partial charge in [0, 0.05) is 24.0 Å². The summed E-state index contributed by atoms with van der Waals surface area (Å²) in [7, 11) is 1.30. The lowest BCUT2D eigenvalue weighted by molar-refractivity contribution is 0.0600. The molecular weight excluding hydrogens is 341 g/mol. The number of methoxy groups -OCH3 is 1. The van der Waals surface area contributed by atoms with E-state index in [9.17, 15) is 9.18 Å². The number of rotatable bonds is 5. The lowest BCUT2D eigenvalue weighted by atomic mass is 10.1. The molecule has 0 spiro atoms. The molecule has 0 atom stereocenters. The van der Waals surface area contributed by atoms with Crippen molar-refractivity contribution in [2.45, 2.75) is 20.5 Å². The monoisotopic (exact) mass is 357 g/mol. The van der Waals surface area contributed by atoms with Crippen molar-refractivity contribution < 1.29 is 23.2 Å². The van der Waals surface area contributed by atoms with E-state index in [1.165, 1.54) is 25.6 Å². The average molecular weight is 357 g/mol. The van der Waals surface area contributed by atoms with Gasteiger partial charge in [-0.3, -0.25) is 4.98 Å². The zero-order valence-corrected chi connectivity index (χ0v) is 14.4. The number of hydrogen-bond acceptors (Lipinski definition) is 7. The third-order valence-electron chi connectivity index (χ3n) is 3.81. The summed E-state index contributed by atoms with van der Waals surface area (Å²) in [5, 5.41) is 3.97. The van der Waals surface area contributed by atoms with Crippen LogP contribution in [0.25, 0.3) is 11.3 Å². The van der Waals surface area contributed by atoms with Crippen LogP contribution in [0.2, 0.25) is 0 Å². The Morgan fingerprint density at radius 3 is 2.69 bits per heavy atom. The Hall–Kier alpha value is -3.29. The SMILES string of the molecule is COC(=O)c1ccc(OCc2c(-c3cnc(C)c(F)c3)noc2C)nc1. The zero-order valence-electron chi connectivity index (χ0n) is 14.4. The Morgan fingerprint density at radius 1 is 1.23 bits per heavy atom. The number of carbonyl (C=O) groups is 1. The molecule has 0 N–H and O–H groups in total. The van der Waals surface area contributed by atoms with Crippen LogP contribution in [-0.4, -0.2) is 28.2 Å². The standard InChI is InChI=1S/C18H16FN3O4/c1-10-15(19)6-13(8-20-10)17-14(11(2)26-22-17)9-25-16-5-4-12(7-21-16)18(23)24-3/h4-8H,9H2,1-3H3. The molecule has 26 heavy (non-hydrogen) atoms. The largest absolute Gasteiger partial charge is 0.473 e. The van der Waals surface area contributed by atoms with Gasteiger partial charge in [-0.2, -0.15) is 0 Å². The fraction of sp³-hybridized carbons (Fsp3) is 0.222. The summed E-state index contributed by atoms with van der Waals surface area (Å²) in [6.07, 6.45) is 2.89. The van der Waals surface area contributed by atoms with Gasteiger partial charge in [-0.15, -0.1) is 0 Å². The third kappa shape index (κ3) is 3.53. The van der Waals surface area contributed by atoms with E-state index in [2.05, 4.69) is 19.9 Å². The molecule has 134 valence electrons. The van der Waals surface area contributed by atoms with Crippen LogP contribution in [0.4, 0.5) is 4.39 Å². The van der Waals surface area contributed by atoms with Gasteiger partial charge in [0.05, 0.1) is 23.9 Å². The zero-order chi connectivity index (χ0) is 18.7. The quantitative estimate of drug-likeness (QED) is 0.648. The van der Waals surface area contributed by atoms with Crippen molar-refractivity contribution in [3.8, 4) is 17.1 Å². The maximum atomic E-state index is 13.8. The number of esters is 1. The maximum absolute atomic E-state index is 13.8. The van der Waals surface area contributed by atoms with Crippen molar-refractivity contribution in [2.24, 2.45) is 0 Å². The molecule has 0 radical (unpaired) electrons. The van der Waals surface area contributed by atoms with Gasteiger partial charge in [0.15, 0.2) is 0 Å². The first-order valence-corrected chi connectivity index (χ1v) is 7.74. The van der Waals surface area contributed by atoms with E-state index >= 15 is 0 Å². The molecule has 0 fully saturated rings. The van der Waals surface area contributed by atoms with Crippen molar-refractivity contribution in [2.75, 3.05) is 7.11 Å². The fourth-order valence-electron chi connectivity index (χ4n) is 2.27. The fourth-order valence-corrected chi connectivity index (χ4v) is 2.27. The van der Waals surface area contributed by atoms with Crippen LogP contribution in [0.1, 0.15) is 27.4 Å². The Kier molecular flexibility index (Phi) is 4.92. The molecule has 3 aromatic heterocycles. The molecule has 0 saturated carbocycles. The predicted octanol–water partition coefficient (Wildman–Crippen LogP) is 3.25. The summed E-state index contributed by atoms with van der Waals surface area (Å²) in [4.78, 5) is 19.5. The highest BCUT2D eigenvalue weighted by Gasteiger charge is 2.17. The van der Waals surface area contributed by atoms with E-state index in [0.29, 0.717) is 39.7 Å². The van der Waals surface area contributed by atoms with E-state index in [-0.39, 0.29) is 6.61 Å². The first-order valence-electron chi connectivity index (χ1n) is 7.74. The molecule has 3 rings (SSSR count). The second-order valence-corrected chi connectivity index (χ2v) is 5.52. The molecule has 8 heteroatoms. The highest BCUT2D eigenvalue weighted by atomic mass is 19.1. The second-order valence-electron chi connectivity index (χ2n) is 5.52. The second kappa shape index (κ2) is 7.30. The molecule has 3 aromatic rings. The minimum Gasteiger partial charge on any atom is -0.473 e. The molecule has 3 heterocycles. The molecule has 0 bridgehead atoms.